The van der Waals surface area contributed by atoms with Crippen molar-refractivity contribution in [2.45, 2.75) is 115 Å². The van der Waals surface area contributed by atoms with Crippen molar-refractivity contribution in [3.8, 4) is 0 Å². The first-order chi connectivity index (χ1) is 18.0. The van der Waals surface area contributed by atoms with Gasteiger partial charge in [0.05, 0.1) is 18.1 Å². The van der Waals surface area contributed by atoms with Gasteiger partial charge in [0.25, 0.3) is 0 Å². The smallest absolute Gasteiger partial charge is 0.327 e. The summed E-state index contributed by atoms with van der Waals surface area (Å²) in [7, 11) is 0. The van der Waals surface area contributed by atoms with Crippen molar-refractivity contribution in [2.75, 3.05) is 18.1 Å². The van der Waals surface area contributed by atoms with Crippen LogP contribution in [0.1, 0.15) is 81.1 Å². The molecule has 1 amide bonds. The number of ether oxygens (including phenoxy) is 1. The van der Waals surface area contributed by atoms with Gasteiger partial charge in [-0.2, -0.15) is 23.5 Å². The fraction of sp³-hybridized carbons (Fsp3) is 0.857. The number of nitrogens with one attached hydrogen (secondary N) is 2. The second-order valence-corrected chi connectivity index (χ2v) is 14.5. The molecule has 0 saturated heterocycles. The molecule has 1 saturated carbocycles. The summed E-state index contributed by atoms with van der Waals surface area (Å²) >= 11 is 3.14. The minimum Gasteiger partial charge on any atom is -0.480 e. The van der Waals surface area contributed by atoms with Gasteiger partial charge in [-0.15, -0.1) is 0 Å². The number of carboxylic acids is 2. The zero-order valence-electron chi connectivity index (χ0n) is 24.8. The monoisotopic (exact) mass is 590 g/mol. The molecule has 1 aliphatic carbocycles. The Morgan fingerprint density at radius 2 is 1.41 bits per heavy atom. The average Bonchev–Trinajstić information content (AvgIpc) is 2.79. The van der Waals surface area contributed by atoms with Gasteiger partial charge in [-0.25, -0.2) is 4.79 Å². The van der Waals surface area contributed by atoms with Gasteiger partial charge >= 0.3 is 11.9 Å². The van der Waals surface area contributed by atoms with E-state index >= 15 is 0 Å². The number of thioether (sulfide) groups is 2. The highest BCUT2D eigenvalue weighted by Crippen LogP contribution is 2.40. The molecule has 0 heterocycles. The largest absolute Gasteiger partial charge is 0.480 e. The molecular formula is C28H50N2O7S2. The minimum absolute atomic E-state index is 0.0295. The average molecular weight is 591 g/mol. The van der Waals surface area contributed by atoms with Crippen molar-refractivity contribution >= 4 is 47.2 Å². The maximum absolute atomic E-state index is 13.1. The third kappa shape index (κ3) is 13.3. The molecule has 0 spiro atoms. The summed E-state index contributed by atoms with van der Waals surface area (Å²) in [5, 5.41) is 25.5. The minimum atomic E-state index is -1.08. The van der Waals surface area contributed by atoms with Crippen molar-refractivity contribution < 1.29 is 34.1 Å². The third-order valence-electron chi connectivity index (χ3n) is 6.96. The molecule has 0 aromatic heterocycles. The molecule has 4 N–H and O–H groups in total. The molecule has 0 radical (unpaired) electrons. The standard InChI is InChI=1S/C28H50N2O7S2/c1-16(2)19(13-37-28(7,8)12-11-22(31)17(3)4)25(32)30-21(27(35)36)15-39-24-10-9-23(24)38-14-20(26(33)34)29-18(5)6/h16-21,23-24,29H,9-15H2,1-8H3,(H,30,32)(H,33,34)(H,35,36). The van der Waals surface area contributed by atoms with Crippen LogP contribution in [-0.4, -0.2) is 86.2 Å². The van der Waals surface area contributed by atoms with Gasteiger partial charge in [0, 0.05) is 40.4 Å². The number of ketones is 1. The molecule has 9 nitrogen and oxygen atoms in total. The van der Waals surface area contributed by atoms with Gasteiger partial charge in [0.1, 0.15) is 17.9 Å². The molecule has 5 unspecified atom stereocenters. The number of Topliss-reactive ketones (excluding diaryl/α,β-unsaturated/α-hetero) is 1. The van der Waals surface area contributed by atoms with Crippen molar-refractivity contribution in [1.29, 1.82) is 0 Å². The van der Waals surface area contributed by atoms with Gasteiger partial charge in [-0.3, -0.25) is 14.4 Å². The maximum atomic E-state index is 13.1. The molecular weight excluding hydrogens is 540 g/mol. The molecule has 1 fully saturated rings. The molecule has 11 heteroatoms. The Morgan fingerprint density at radius 1 is 0.897 bits per heavy atom. The number of carbonyl (C=O) groups is 4. The van der Waals surface area contributed by atoms with Gasteiger partial charge in [0.2, 0.25) is 5.91 Å². The number of hydrogen-bond acceptors (Lipinski definition) is 8. The summed E-state index contributed by atoms with van der Waals surface area (Å²) < 4.78 is 6.06. The van der Waals surface area contributed by atoms with E-state index in [-0.39, 0.29) is 52.4 Å². The fourth-order valence-electron chi connectivity index (χ4n) is 3.98. The van der Waals surface area contributed by atoms with Crippen molar-refractivity contribution in [3.63, 3.8) is 0 Å². The van der Waals surface area contributed by atoms with Crippen LogP contribution in [0.2, 0.25) is 0 Å². The van der Waals surface area contributed by atoms with Crippen molar-refractivity contribution in [1.82, 2.24) is 10.6 Å². The summed E-state index contributed by atoms with van der Waals surface area (Å²) in [6.07, 6.45) is 2.86. The van der Waals surface area contributed by atoms with Crippen LogP contribution in [0, 0.1) is 17.8 Å². The molecule has 0 bridgehead atoms. The highest BCUT2D eigenvalue weighted by Gasteiger charge is 2.35. The van der Waals surface area contributed by atoms with Crippen LogP contribution in [0.4, 0.5) is 0 Å². The van der Waals surface area contributed by atoms with Gasteiger partial charge in [-0.05, 0) is 39.0 Å². The Bertz CT molecular complexity index is 820. The van der Waals surface area contributed by atoms with Crippen LogP contribution < -0.4 is 10.6 Å². The number of hydrogen-bond donors (Lipinski definition) is 4. The second kappa shape index (κ2) is 16.8. The number of carboxylic acid groups (broad SMARTS) is 2. The summed E-state index contributed by atoms with van der Waals surface area (Å²) in [5.41, 5.74) is -0.582. The molecule has 5 atom stereocenters. The summed E-state index contributed by atoms with van der Waals surface area (Å²) in [6, 6.07) is -1.58. The number of aliphatic carboxylic acids is 2. The maximum Gasteiger partial charge on any atom is 0.327 e. The van der Waals surface area contributed by atoms with E-state index < -0.39 is 35.5 Å². The first kappa shape index (κ1) is 35.7. The topological polar surface area (TPSA) is 142 Å². The summed E-state index contributed by atoms with van der Waals surface area (Å²) in [4.78, 5) is 48.6. The Kier molecular flexibility index (Phi) is 15.4. The Labute approximate surface area is 242 Å². The first-order valence-electron chi connectivity index (χ1n) is 14.0. The van der Waals surface area contributed by atoms with E-state index in [2.05, 4.69) is 10.6 Å². The molecule has 0 aromatic carbocycles. The predicted octanol–water partition coefficient (Wildman–Crippen LogP) is 4.08. The van der Waals surface area contributed by atoms with E-state index in [1.165, 1.54) is 11.8 Å². The van der Waals surface area contributed by atoms with Crippen LogP contribution in [0.15, 0.2) is 0 Å². The van der Waals surface area contributed by atoms with E-state index in [1.54, 1.807) is 11.8 Å². The van der Waals surface area contributed by atoms with Crippen LogP contribution >= 0.6 is 23.5 Å². The van der Waals surface area contributed by atoms with E-state index in [1.807, 2.05) is 55.4 Å². The molecule has 0 aliphatic heterocycles. The zero-order chi connectivity index (χ0) is 29.9. The third-order valence-corrected chi connectivity index (χ3v) is 10.2. The lowest BCUT2D eigenvalue weighted by molar-refractivity contribution is -0.143. The van der Waals surface area contributed by atoms with Crippen molar-refractivity contribution in [3.05, 3.63) is 0 Å². The Balaban J connectivity index is 2.63. The van der Waals surface area contributed by atoms with Crippen LogP contribution in [0.25, 0.3) is 0 Å². The lowest BCUT2D eigenvalue weighted by Crippen LogP contribution is -2.48. The van der Waals surface area contributed by atoms with Crippen LogP contribution in [-0.2, 0) is 23.9 Å². The van der Waals surface area contributed by atoms with Gasteiger partial charge in [-0.1, -0.05) is 41.5 Å². The van der Waals surface area contributed by atoms with E-state index in [0.29, 0.717) is 18.6 Å². The normalized spacial score (nSPS) is 20.0. The second-order valence-electron chi connectivity index (χ2n) is 12.0. The van der Waals surface area contributed by atoms with E-state index in [0.717, 1.165) is 12.8 Å². The summed E-state index contributed by atoms with van der Waals surface area (Å²) in [6.45, 7) is 15.3. The number of rotatable bonds is 20. The molecule has 39 heavy (non-hydrogen) atoms. The highest BCUT2D eigenvalue weighted by molar-refractivity contribution is 8.04. The van der Waals surface area contributed by atoms with E-state index in [4.69, 9.17) is 4.74 Å². The summed E-state index contributed by atoms with van der Waals surface area (Å²) in [5.74, 6) is -2.05. The first-order valence-corrected chi connectivity index (χ1v) is 16.1. The number of carbonyl (C=O) groups excluding carboxylic acids is 2. The molecule has 1 rings (SSSR count). The van der Waals surface area contributed by atoms with Crippen LogP contribution in [0.5, 0.6) is 0 Å². The quantitative estimate of drug-likeness (QED) is 0.164. The Hall–Kier alpha value is -1.30. The van der Waals surface area contributed by atoms with Crippen molar-refractivity contribution in [2.24, 2.45) is 17.8 Å². The van der Waals surface area contributed by atoms with Crippen LogP contribution in [0.3, 0.4) is 0 Å². The van der Waals surface area contributed by atoms with Gasteiger partial charge < -0.3 is 25.6 Å². The molecule has 0 aromatic rings. The SMILES string of the molecule is CC(C)NC(CSC1CCC1SCC(NC(=O)C(COC(C)(C)CCC(=O)C(C)C)C(C)C)C(=O)O)C(=O)O. The van der Waals surface area contributed by atoms with Gasteiger partial charge in [0.15, 0.2) is 0 Å². The Morgan fingerprint density at radius 3 is 1.82 bits per heavy atom. The number of amides is 1. The predicted molar refractivity (Wildman–Crippen MR) is 158 cm³/mol. The highest BCUT2D eigenvalue weighted by atomic mass is 32.2. The lowest BCUT2D eigenvalue weighted by atomic mass is 9.93. The zero-order valence-corrected chi connectivity index (χ0v) is 26.5. The fourth-order valence-corrected chi connectivity index (χ4v) is 7.10. The molecule has 226 valence electrons. The van der Waals surface area contributed by atoms with E-state index in [9.17, 15) is 29.4 Å². The lowest BCUT2D eigenvalue weighted by Gasteiger charge is -2.37. The molecule has 1 aliphatic rings.